The summed E-state index contributed by atoms with van der Waals surface area (Å²) >= 11 is 0. The Hall–Kier alpha value is -1.59. The largest absolute Gasteiger partial charge is 0.468 e. The van der Waals surface area contributed by atoms with Crippen LogP contribution in [0, 0.1) is 5.92 Å². The van der Waals surface area contributed by atoms with Gasteiger partial charge in [-0.2, -0.15) is 10.1 Å². The van der Waals surface area contributed by atoms with Crippen molar-refractivity contribution in [2.75, 3.05) is 12.8 Å². The summed E-state index contributed by atoms with van der Waals surface area (Å²) in [6.45, 7) is 0. The minimum absolute atomic E-state index is 0.262. The van der Waals surface area contributed by atoms with Crippen molar-refractivity contribution in [3.05, 3.63) is 5.82 Å². The molecule has 1 heterocycles. The number of aryl methyl sites for hydroxylation is 1. The number of aromatic nitrogens is 3. The molecular weight excluding hydrogens is 220 g/mol. The third-order valence-corrected chi connectivity index (χ3v) is 3.42. The van der Waals surface area contributed by atoms with Gasteiger partial charge in [-0.1, -0.05) is 12.8 Å². The summed E-state index contributed by atoms with van der Waals surface area (Å²) in [6.07, 6.45) is 4.36. The third-order valence-electron chi connectivity index (χ3n) is 3.42. The molecule has 6 heteroatoms. The van der Waals surface area contributed by atoms with Gasteiger partial charge in [-0.15, -0.1) is 0 Å². The third kappa shape index (κ3) is 2.25. The standard InChI is InChI=1S/C11H18N4O2/c1-15-11(12)13-9(14-15)8(10(16)17-2)7-5-3-4-6-7/h7-8H,3-6H2,1-2H3,(H2,12,13,14). The number of anilines is 1. The lowest BCUT2D eigenvalue weighted by atomic mass is 9.90. The summed E-state index contributed by atoms with van der Waals surface area (Å²) in [7, 11) is 3.12. The van der Waals surface area contributed by atoms with E-state index >= 15 is 0 Å². The van der Waals surface area contributed by atoms with Gasteiger partial charge >= 0.3 is 5.97 Å². The molecule has 94 valence electrons. The first-order valence-electron chi connectivity index (χ1n) is 5.87. The van der Waals surface area contributed by atoms with Crippen molar-refractivity contribution in [3.63, 3.8) is 0 Å². The summed E-state index contributed by atoms with van der Waals surface area (Å²) in [5.41, 5.74) is 5.66. The fourth-order valence-electron chi connectivity index (χ4n) is 2.48. The maximum Gasteiger partial charge on any atom is 0.316 e. The van der Waals surface area contributed by atoms with Gasteiger partial charge in [-0.25, -0.2) is 4.68 Å². The van der Waals surface area contributed by atoms with Crippen LogP contribution in [-0.4, -0.2) is 27.8 Å². The first-order valence-corrected chi connectivity index (χ1v) is 5.87. The summed E-state index contributed by atoms with van der Waals surface area (Å²) in [4.78, 5) is 16.0. The lowest BCUT2D eigenvalue weighted by Crippen LogP contribution is -2.23. The second-order valence-corrected chi connectivity index (χ2v) is 4.50. The number of rotatable bonds is 3. The van der Waals surface area contributed by atoms with Crippen LogP contribution in [0.1, 0.15) is 37.4 Å². The number of carbonyl (C=O) groups excluding carboxylic acids is 1. The van der Waals surface area contributed by atoms with Gasteiger partial charge in [0.15, 0.2) is 5.82 Å². The molecule has 0 aliphatic heterocycles. The fraction of sp³-hybridized carbons (Fsp3) is 0.727. The lowest BCUT2D eigenvalue weighted by Gasteiger charge is -2.17. The number of methoxy groups -OCH3 is 1. The molecule has 1 aliphatic carbocycles. The zero-order chi connectivity index (χ0) is 12.4. The van der Waals surface area contributed by atoms with Crippen LogP contribution in [0.5, 0.6) is 0 Å². The van der Waals surface area contributed by atoms with Crippen molar-refractivity contribution in [1.29, 1.82) is 0 Å². The lowest BCUT2D eigenvalue weighted by molar-refractivity contribution is -0.144. The predicted octanol–water partition coefficient (Wildman–Crippen LogP) is 0.844. The molecule has 1 atom stereocenters. The molecule has 1 aromatic rings. The molecule has 0 bridgehead atoms. The van der Waals surface area contributed by atoms with Crippen molar-refractivity contribution in [1.82, 2.24) is 14.8 Å². The van der Waals surface area contributed by atoms with E-state index in [0.29, 0.717) is 11.8 Å². The molecule has 0 radical (unpaired) electrons. The SMILES string of the molecule is COC(=O)C(c1nc(N)n(C)n1)C1CCCC1. The second kappa shape index (κ2) is 4.73. The van der Waals surface area contributed by atoms with Crippen molar-refractivity contribution in [2.45, 2.75) is 31.6 Å². The molecule has 1 fully saturated rings. The van der Waals surface area contributed by atoms with Gasteiger partial charge < -0.3 is 10.5 Å². The topological polar surface area (TPSA) is 83.0 Å². The highest BCUT2D eigenvalue weighted by atomic mass is 16.5. The molecule has 6 nitrogen and oxygen atoms in total. The molecule has 1 aliphatic rings. The highest BCUT2D eigenvalue weighted by Crippen LogP contribution is 2.37. The van der Waals surface area contributed by atoms with E-state index in [4.69, 9.17) is 10.5 Å². The molecule has 17 heavy (non-hydrogen) atoms. The number of nitrogens with zero attached hydrogens (tertiary/aromatic N) is 3. The number of hydrogen-bond donors (Lipinski definition) is 1. The fourth-order valence-corrected chi connectivity index (χ4v) is 2.48. The van der Waals surface area contributed by atoms with Crippen LogP contribution < -0.4 is 5.73 Å². The highest BCUT2D eigenvalue weighted by Gasteiger charge is 2.36. The van der Waals surface area contributed by atoms with Crippen LogP contribution >= 0.6 is 0 Å². The molecule has 0 saturated heterocycles. The Bertz CT molecular complexity index is 390. The van der Waals surface area contributed by atoms with E-state index in [1.807, 2.05) is 0 Å². The molecule has 0 amide bonds. The molecule has 0 spiro atoms. The Labute approximate surface area is 100 Å². The van der Waals surface area contributed by atoms with E-state index in [0.717, 1.165) is 25.7 Å². The van der Waals surface area contributed by atoms with E-state index in [1.165, 1.54) is 11.8 Å². The maximum atomic E-state index is 11.9. The summed E-state index contributed by atoms with van der Waals surface area (Å²) in [5.74, 6) is 0.466. The number of nitrogens with two attached hydrogens (primary N) is 1. The summed E-state index contributed by atoms with van der Waals surface area (Å²) < 4.78 is 6.35. The quantitative estimate of drug-likeness (QED) is 0.789. The average molecular weight is 238 g/mol. The Kier molecular flexibility index (Phi) is 3.31. The Balaban J connectivity index is 2.28. The Morgan fingerprint density at radius 1 is 1.53 bits per heavy atom. The van der Waals surface area contributed by atoms with Gasteiger partial charge in [0.05, 0.1) is 7.11 Å². The van der Waals surface area contributed by atoms with E-state index < -0.39 is 0 Å². The highest BCUT2D eigenvalue weighted by molar-refractivity contribution is 5.77. The molecule has 2 N–H and O–H groups in total. The van der Waals surface area contributed by atoms with Crippen molar-refractivity contribution >= 4 is 11.9 Å². The molecule has 1 saturated carbocycles. The van der Waals surface area contributed by atoms with Gasteiger partial charge in [0.2, 0.25) is 5.95 Å². The Morgan fingerprint density at radius 2 is 2.18 bits per heavy atom. The van der Waals surface area contributed by atoms with Crippen LogP contribution in [0.4, 0.5) is 5.95 Å². The van der Waals surface area contributed by atoms with Crippen LogP contribution in [0.2, 0.25) is 0 Å². The minimum atomic E-state index is -0.369. The number of ether oxygens (including phenoxy) is 1. The van der Waals surface area contributed by atoms with Crippen molar-refractivity contribution in [3.8, 4) is 0 Å². The molecule has 0 aromatic carbocycles. The zero-order valence-electron chi connectivity index (χ0n) is 10.2. The van der Waals surface area contributed by atoms with Crippen LogP contribution in [0.25, 0.3) is 0 Å². The minimum Gasteiger partial charge on any atom is -0.468 e. The average Bonchev–Trinajstić information content (AvgIpc) is 2.91. The van der Waals surface area contributed by atoms with E-state index in [-0.39, 0.29) is 17.8 Å². The van der Waals surface area contributed by atoms with E-state index in [1.54, 1.807) is 7.05 Å². The number of carbonyl (C=O) groups is 1. The van der Waals surface area contributed by atoms with Gasteiger partial charge in [-0.05, 0) is 18.8 Å². The number of hydrogen-bond acceptors (Lipinski definition) is 5. The first kappa shape index (κ1) is 11.9. The van der Waals surface area contributed by atoms with E-state index in [2.05, 4.69) is 10.1 Å². The normalized spacial score (nSPS) is 18.2. The first-order chi connectivity index (χ1) is 8.13. The summed E-state index contributed by atoms with van der Waals surface area (Å²) in [5, 5.41) is 4.20. The Morgan fingerprint density at radius 3 is 2.65 bits per heavy atom. The molecular formula is C11H18N4O2. The molecule has 1 aromatic heterocycles. The molecule has 2 rings (SSSR count). The van der Waals surface area contributed by atoms with Crippen molar-refractivity contribution in [2.24, 2.45) is 13.0 Å². The smallest absolute Gasteiger partial charge is 0.316 e. The van der Waals surface area contributed by atoms with Crippen LogP contribution in [0.3, 0.4) is 0 Å². The number of esters is 1. The summed E-state index contributed by atoms with van der Waals surface area (Å²) in [6, 6.07) is 0. The van der Waals surface area contributed by atoms with Crippen molar-refractivity contribution < 1.29 is 9.53 Å². The second-order valence-electron chi connectivity index (χ2n) is 4.50. The predicted molar refractivity (Wildman–Crippen MR) is 62.1 cm³/mol. The van der Waals surface area contributed by atoms with Gasteiger partial charge in [0, 0.05) is 7.05 Å². The zero-order valence-corrected chi connectivity index (χ0v) is 10.2. The van der Waals surface area contributed by atoms with Gasteiger partial charge in [-0.3, -0.25) is 4.79 Å². The monoisotopic (exact) mass is 238 g/mol. The van der Waals surface area contributed by atoms with E-state index in [9.17, 15) is 4.79 Å². The number of nitrogen functional groups attached to an aromatic ring is 1. The van der Waals surface area contributed by atoms with Gasteiger partial charge in [0.25, 0.3) is 0 Å². The van der Waals surface area contributed by atoms with Crippen LogP contribution in [-0.2, 0) is 16.6 Å². The van der Waals surface area contributed by atoms with Crippen LogP contribution in [0.15, 0.2) is 0 Å². The maximum absolute atomic E-state index is 11.9. The molecule has 1 unspecified atom stereocenters. The van der Waals surface area contributed by atoms with Gasteiger partial charge in [0.1, 0.15) is 5.92 Å².